The van der Waals surface area contributed by atoms with Gasteiger partial charge in [-0.25, -0.2) is 9.97 Å². The number of carbonyl (C=O) groups is 1. The SMILES string of the molecule is N#CC1CCCN1C(=O)CNC1CCC(CSc2ncccn2)C1. The largest absolute Gasteiger partial charge is 0.326 e. The molecule has 0 aromatic carbocycles. The van der Waals surface area contributed by atoms with Crippen LogP contribution >= 0.6 is 11.8 Å². The summed E-state index contributed by atoms with van der Waals surface area (Å²) < 4.78 is 0. The molecule has 3 rings (SSSR count). The number of rotatable bonds is 6. The molecule has 6 nitrogen and oxygen atoms in total. The van der Waals surface area contributed by atoms with Crippen LogP contribution in [0, 0.1) is 17.2 Å². The molecule has 0 bridgehead atoms. The van der Waals surface area contributed by atoms with Gasteiger partial charge < -0.3 is 10.2 Å². The molecule has 7 heteroatoms. The van der Waals surface area contributed by atoms with Crippen molar-refractivity contribution in [2.24, 2.45) is 5.92 Å². The third-order valence-corrected chi connectivity index (χ3v) is 5.90. The molecule has 1 saturated carbocycles. The monoisotopic (exact) mass is 345 g/mol. The molecule has 1 aliphatic carbocycles. The van der Waals surface area contributed by atoms with Crippen LogP contribution in [0.15, 0.2) is 23.6 Å². The lowest BCUT2D eigenvalue weighted by molar-refractivity contribution is -0.130. The molecule has 24 heavy (non-hydrogen) atoms. The molecule has 1 aromatic heterocycles. The lowest BCUT2D eigenvalue weighted by Gasteiger charge is -2.21. The number of nitriles is 1. The smallest absolute Gasteiger partial charge is 0.237 e. The molecule has 3 atom stereocenters. The average Bonchev–Trinajstić information content (AvgIpc) is 3.28. The molecular weight excluding hydrogens is 322 g/mol. The molecule has 3 unspecified atom stereocenters. The van der Waals surface area contributed by atoms with Crippen LogP contribution in [0.25, 0.3) is 0 Å². The standard InChI is InChI=1S/C17H23N5OS/c18-10-15-3-1-8-22(15)16(23)11-21-14-5-4-13(9-14)12-24-17-19-6-2-7-20-17/h2,6-7,13-15,21H,1,3-5,8-9,11-12H2. The second kappa shape index (κ2) is 8.45. The van der Waals surface area contributed by atoms with Crippen LogP contribution in [0.1, 0.15) is 32.1 Å². The summed E-state index contributed by atoms with van der Waals surface area (Å²) in [6.45, 7) is 1.07. The molecule has 1 aromatic rings. The van der Waals surface area contributed by atoms with Crippen molar-refractivity contribution < 1.29 is 4.79 Å². The molecule has 1 amide bonds. The molecule has 1 aliphatic heterocycles. The number of hydrogen-bond acceptors (Lipinski definition) is 6. The Balaban J connectivity index is 1.37. The maximum absolute atomic E-state index is 12.3. The maximum Gasteiger partial charge on any atom is 0.237 e. The van der Waals surface area contributed by atoms with Gasteiger partial charge in [0.25, 0.3) is 0 Å². The van der Waals surface area contributed by atoms with Gasteiger partial charge in [-0.3, -0.25) is 4.79 Å². The Bertz CT molecular complexity index is 590. The van der Waals surface area contributed by atoms with E-state index in [1.165, 1.54) is 6.42 Å². The minimum atomic E-state index is -0.224. The highest BCUT2D eigenvalue weighted by atomic mass is 32.2. The van der Waals surface area contributed by atoms with Gasteiger partial charge in [-0.15, -0.1) is 0 Å². The van der Waals surface area contributed by atoms with Crippen LogP contribution in [0.2, 0.25) is 0 Å². The third-order valence-electron chi connectivity index (χ3n) is 4.80. The van der Waals surface area contributed by atoms with E-state index in [1.807, 2.05) is 6.07 Å². The summed E-state index contributed by atoms with van der Waals surface area (Å²) in [5, 5.41) is 13.3. The van der Waals surface area contributed by atoms with Crippen molar-refractivity contribution in [3.63, 3.8) is 0 Å². The fourth-order valence-electron chi connectivity index (χ4n) is 3.50. The first-order valence-electron chi connectivity index (χ1n) is 8.58. The van der Waals surface area contributed by atoms with Gasteiger partial charge >= 0.3 is 0 Å². The fraction of sp³-hybridized carbons (Fsp3) is 0.647. The summed E-state index contributed by atoms with van der Waals surface area (Å²) in [7, 11) is 0. The Labute approximate surface area is 147 Å². The number of nitrogens with one attached hydrogen (secondary N) is 1. The highest BCUT2D eigenvalue weighted by molar-refractivity contribution is 7.99. The molecule has 2 aliphatic rings. The highest BCUT2D eigenvalue weighted by Crippen LogP contribution is 2.30. The van der Waals surface area contributed by atoms with E-state index in [0.717, 1.165) is 43.1 Å². The zero-order chi connectivity index (χ0) is 16.8. The molecule has 0 spiro atoms. The number of hydrogen-bond donors (Lipinski definition) is 1. The van der Waals surface area contributed by atoms with Crippen molar-refractivity contribution in [2.45, 2.75) is 49.3 Å². The van der Waals surface area contributed by atoms with E-state index < -0.39 is 0 Å². The van der Waals surface area contributed by atoms with Crippen LogP contribution in [0.3, 0.4) is 0 Å². The Morgan fingerprint density at radius 2 is 2.21 bits per heavy atom. The van der Waals surface area contributed by atoms with E-state index >= 15 is 0 Å². The Morgan fingerprint density at radius 3 is 3.00 bits per heavy atom. The van der Waals surface area contributed by atoms with E-state index in [9.17, 15) is 4.79 Å². The highest BCUT2D eigenvalue weighted by Gasteiger charge is 2.30. The van der Waals surface area contributed by atoms with Crippen molar-refractivity contribution in [3.05, 3.63) is 18.5 Å². The molecule has 1 N–H and O–H groups in total. The fourth-order valence-corrected chi connectivity index (χ4v) is 4.45. The Hall–Kier alpha value is -1.65. The topological polar surface area (TPSA) is 81.9 Å². The number of amides is 1. The zero-order valence-electron chi connectivity index (χ0n) is 13.7. The maximum atomic E-state index is 12.3. The summed E-state index contributed by atoms with van der Waals surface area (Å²) in [5.74, 6) is 1.73. The van der Waals surface area contributed by atoms with Gasteiger partial charge in [0.05, 0.1) is 12.6 Å². The Morgan fingerprint density at radius 1 is 1.38 bits per heavy atom. The van der Waals surface area contributed by atoms with Crippen molar-refractivity contribution in [1.82, 2.24) is 20.2 Å². The van der Waals surface area contributed by atoms with Crippen molar-refractivity contribution in [3.8, 4) is 6.07 Å². The van der Waals surface area contributed by atoms with Crippen LogP contribution in [0.4, 0.5) is 0 Å². The van der Waals surface area contributed by atoms with E-state index in [4.69, 9.17) is 5.26 Å². The molecule has 2 fully saturated rings. The number of aromatic nitrogens is 2. The van der Waals surface area contributed by atoms with Gasteiger partial charge in [-0.05, 0) is 44.1 Å². The number of carbonyl (C=O) groups excluding carboxylic acids is 1. The summed E-state index contributed by atoms with van der Waals surface area (Å²) in [5.41, 5.74) is 0. The van der Waals surface area contributed by atoms with E-state index in [0.29, 0.717) is 18.5 Å². The predicted molar refractivity (Wildman–Crippen MR) is 92.2 cm³/mol. The van der Waals surface area contributed by atoms with E-state index in [-0.39, 0.29) is 11.9 Å². The van der Waals surface area contributed by atoms with Crippen molar-refractivity contribution >= 4 is 17.7 Å². The first kappa shape index (κ1) is 17.2. The summed E-state index contributed by atoms with van der Waals surface area (Å²) in [6, 6.07) is 4.23. The van der Waals surface area contributed by atoms with Crippen LogP contribution < -0.4 is 5.32 Å². The molecule has 0 radical (unpaired) electrons. The van der Waals surface area contributed by atoms with E-state index in [2.05, 4.69) is 21.4 Å². The second-order valence-corrected chi connectivity index (χ2v) is 7.46. The second-order valence-electron chi connectivity index (χ2n) is 6.47. The third kappa shape index (κ3) is 4.46. The average molecular weight is 345 g/mol. The first-order chi connectivity index (χ1) is 11.8. The molecule has 2 heterocycles. The lowest BCUT2D eigenvalue weighted by atomic mass is 10.1. The van der Waals surface area contributed by atoms with Crippen LogP contribution in [-0.4, -0.2) is 51.7 Å². The summed E-state index contributed by atoms with van der Waals surface area (Å²) >= 11 is 1.71. The molecule has 128 valence electrons. The van der Waals surface area contributed by atoms with Gasteiger partial charge in [-0.2, -0.15) is 5.26 Å². The number of thioether (sulfide) groups is 1. The first-order valence-corrected chi connectivity index (χ1v) is 9.57. The quantitative estimate of drug-likeness (QED) is 0.626. The number of likely N-dealkylation sites (tertiary alicyclic amines) is 1. The summed E-state index contributed by atoms with van der Waals surface area (Å²) in [6.07, 6.45) is 8.67. The van der Waals surface area contributed by atoms with Crippen molar-refractivity contribution in [1.29, 1.82) is 5.26 Å². The van der Waals surface area contributed by atoms with Crippen molar-refractivity contribution in [2.75, 3.05) is 18.8 Å². The minimum Gasteiger partial charge on any atom is -0.326 e. The minimum absolute atomic E-state index is 0.0644. The van der Waals surface area contributed by atoms with Gasteiger partial charge in [-0.1, -0.05) is 11.8 Å². The van der Waals surface area contributed by atoms with Gasteiger partial charge in [0, 0.05) is 30.7 Å². The summed E-state index contributed by atoms with van der Waals surface area (Å²) in [4.78, 5) is 22.5. The van der Waals surface area contributed by atoms with Gasteiger partial charge in [0.15, 0.2) is 5.16 Å². The van der Waals surface area contributed by atoms with Crippen LogP contribution in [0.5, 0.6) is 0 Å². The van der Waals surface area contributed by atoms with Gasteiger partial charge in [0.1, 0.15) is 6.04 Å². The Kier molecular flexibility index (Phi) is 6.05. The molecule has 1 saturated heterocycles. The lowest BCUT2D eigenvalue weighted by Crippen LogP contribution is -2.42. The van der Waals surface area contributed by atoms with Crippen LogP contribution in [-0.2, 0) is 4.79 Å². The van der Waals surface area contributed by atoms with Gasteiger partial charge in [0.2, 0.25) is 5.91 Å². The van der Waals surface area contributed by atoms with E-state index in [1.54, 1.807) is 29.1 Å². The number of nitrogens with zero attached hydrogens (tertiary/aromatic N) is 4. The normalized spacial score (nSPS) is 26.5. The predicted octanol–water partition coefficient (Wildman–Crippen LogP) is 1.84. The molecular formula is C17H23N5OS. The zero-order valence-corrected chi connectivity index (χ0v) is 14.5.